The molecule has 1 aliphatic rings. The minimum absolute atomic E-state index is 0.114. The van der Waals surface area contributed by atoms with E-state index in [1.165, 1.54) is 11.3 Å². The lowest BCUT2D eigenvalue weighted by Crippen LogP contribution is -2.23. The Balaban J connectivity index is 1.78. The standard InChI is InChI=1S/C18H17FN2O3S2/c19-12-6-8-13(9-7-12)26(23,24)11-17(22)21-18-15(10-20)14-4-2-1-3-5-16(14)25-18/h6-9H,1-5,11H2,(H,21,22). The van der Waals surface area contributed by atoms with Gasteiger partial charge in [-0.3, -0.25) is 4.79 Å². The first-order chi connectivity index (χ1) is 12.4. The maximum absolute atomic E-state index is 12.9. The van der Waals surface area contributed by atoms with Crippen LogP contribution in [0.1, 0.15) is 35.3 Å². The van der Waals surface area contributed by atoms with Crippen molar-refractivity contribution < 1.29 is 17.6 Å². The summed E-state index contributed by atoms with van der Waals surface area (Å²) in [6.45, 7) is 0. The number of nitriles is 1. The Bertz CT molecular complexity index is 973. The summed E-state index contributed by atoms with van der Waals surface area (Å²) in [7, 11) is -3.88. The van der Waals surface area contributed by atoms with Crippen molar-refractivity contribution in [3.63, 3.8) is 0 Å². The van der Waals surface area contributed by atoms with Crippen LogP contribution in [0.3, 0.4) is 0 Å². The van der Waals surface area contributed by atoms with E-state index in [4.69, 9.17) is 0 Å². The second kappa shape index (κ2) is 7.56. The molecule has 0 saturated heterocycles. The zero-order valence-corrected chi connectivity index (χ0v) is 15.6. The molecule has 1 N–H and O–H groups in total. The van der Waals surface area contributed by atoms with Crippen molar-refractivity contribution in [2.24, 2.45) is 0 Å². The molecule has 0 atom stereocenters. The molecule has 2 aromatic rings. The number of rotatable bonds is 4. The number of anilines is 1. The molecule has 0 bridgehead atoms. The lowest BCUT2D eigenvalue weighted by atomic mass is 10.1. The first-order valence-corrected chi connectivity index (χ1v) is 10.7. The topological polar surface area (TPSA) is 87.0 Å². The predicted octanol–water partition coefficient (Wildman–Crippen LogP) is 3.44. The fourth-order valence-corrected chi connectivity index (χ4v) is 5.40. The van der Waals surface area contributed by atoms with E-state index in [2.05, 4.69) is 11.4 Å². The van der Waals surface area contributed by atoms with Crippen molar-refractivity contribution in [1.82, 2.24) is 0 Å². The molecule has 0 aliphatic heterocycles. The van der Waals surface area contributed by atoms with Crippen LogP contribution in [-0.2, 0) is 27.5 Å². The number of sulfone groups is 1. The van der Waals surface area contributed by atoms with Gasteiger partial charge in [-0.2, -0.15) is 5.26 Å². The van der Waals surface area contributed by atoms with Gasteiger partial charge in [0.15, 0.2) is 9.84 Å². The van der Waals surface area contributed by atoms with Crippen molar-refractivity contribution in [3.05, 3.63) is 46.1 Å². The Hall–Kier alpha value is -2.24. The highest BCUT2D eigenvalue weighted by atomic mass is 32.2. The summed E-state index contributed by atoms with van der Waals surface area (Å²) in [5, 5.41) is 12.5. The molecule has 1 aliphatic carbocycles. The number of fused-ring (bicyclic) bond motifs is 1. The third-order valence-corrected chi connectivity index (χ3v) is 7.12. The van der Waals surface area contributed by atoms with Crippen LogP contribution in [0, 0.1) is 17.1 Å². The van der Waals surface area contributed by atoms with Crippen LogP contribution in [0.15, 0.2) is 29.2 Å². The van der Waals surface area contributed by atoms with Gasteiger partial charge in [0, 0.05) is 4.88 Å². The van der Waals surface area contributed by atoms with Gasteiger partial charge in [-0.1, -0.05) is 6.42 Å². The Morgan fingerprint density at radius 3 is 2.58 bits per heavy atom. The van der Waals surface area contributed by atoms with Crippen LogP contribution >= 0.6 is 11.3 Å². The van der Waals surface area contributed by atoms with E-state index in [9.17, 15) is 22.9 Å². The Kier molecular flexibility index (Phi) is 5.39. The number of nitrogens with zero attached hydrogens (tertiary/aromatic N) is 1. The number of carbonyl (C=O) groups is 1. The Morgan fingerprint density at radius 1 is 1.19 bits per heavy atom. The van der Waals surface area contributed by atoms with E-state index in [-0.39, 0.29) is 4.90 Å². The van der Waals surface area contributed by atoms with Gasteiger partial charge in [-0.15, -0.1) is 11.3 Å². The van der Waals surface area contributed by atoms with E-state index in [1.807, 2.05) is 0 Å². The number of halogens is 1. The molecule has 0 spiro atoms. The summed E-state index contributed by atoms with van der Waals surface area (Å²) in [6, 6.07) is 6.48. The SMILES string of the molecule is N#Cc1c(NC(=O)CS(=O)(=O)c2ccc(F)cc2)sc2c1CCCCC2. The number of nitrogens with one attached hydrogen (secondary N) is 1. The molecule has 0 saturated carbocycles. The summed E-state index contributed by atoms with van der Waals surface area (Å²) in [6.07, 6.45) is 4.84. The molecule has 0 fully saturated rings. The maximum Gasteiger partial charge on any atom is 0.240 e. The largest absolute Gasteiger partial charge is 0.316 e. The van der Waals surface area contributed by atoms with Gasteiger partial charge in [0.1, 0.15) is 22.6 Å². The van der Waals surface area contributed by atoms with Crippen LogP contribution < -0.4 is 5.32 Å². The van der Waals surface area contributed by atoms with Gasteiger partial charge in [0.2, 0.25) is 5.91 Å². The second-order valence-corrected chi connectivity index (χ2v) is 9.24. The summed E-state index contributed by atoms with van der Waals surface area (Å²) < 4.78 is 37.5. The molecular weight excluding hydrogens is 375 g/mol. The normalized spacial score (nSPS) is 14.2. The van der Waals surface area contributed by atoms with E-state index in [0.29, 0.717) is 10.6 Å². The van der Waals surface area contributed by atoms with Crippen molar-refractivity contribution in [1.29, 1.82) is 5.26 Å². The summed E-state index contributed by atoms with van der Waals surface area (Å²) >= 11 is 1.35. The highest BCUT2D eigenvalue weighted by molar-refractivity contribution is 7.92. The number of hydrogen-bond acceptors (Lipinski definition) is 5. The second-order valence-electron chi connectivity index (χ2n) is 6.14. The lowest BCUT2D eigenvalue weighted by Gasteiger charge is -2.06. The lowest BCUT2D eigenvalue weighted by molar-refractivity contribution is -0.113. The highest BCUT2D eigenvalue weighted by Gasteiger charge is 2.24. The van der Waals surface area contributed by atoms with Gasteiger partial charge in [0.25, 0.3) is 0 Å². The van der Waals surface area contributed by atoms with Gasteiger partial charge >= 0.3 is 0 Å². The maximum atomic E-state index is 12.9. The minimum atomic E-state index is -3.88. The zero-order chi connectivity index (χ0) is 18.7. The molecule has 0 radical (unpaired) electrons. The Morgan fingerprint density at radius 2 is 1.88 bits per heavy atom. The average Bonchev–Trinajstić information content (AvgIpc) is 2.75. The molecule has 5 nitrogen and oxygen atoms in total. The van der Waals surface area contributed by atoms with Crippen LogP contribution in [0.2, 0.25) is 0 Å². The first-order valence-electron chi connectivity index (χ1n) is 8.23. The smallest absolute Gasteiger partial charge is 0.240 e. The van der Waals surface area contributed by atoms with Crippen LogP contribution in [0.5, 0.6) is 0 Å². The molecular formula is C18H17FN2O3S2. The zero-order valence-electron chi connectivity index (χ0n) is 13.9. The number of thiophene rings is 1. The molecule has 1 aromatic heterocycles. The van der Waals surface area contributed by atoms with Gasteiger partial charge < -0.3 is 5.32 Å². The summed E-state index contributed by atoms with van der Waals surface area (Å²) in [4.78, 5) is 13.2. The fourth-order valence-electron chi connectivity index (χ4n) is 3.01. The monoisotopic (exact) mass is 392 g/mol. The number of benzene rings is 1. The quantitative estimate of drug-likeness (QED) is 0.638. The highest BCUT2D eigenvalue weighted by Crippen LogP contribution is 2.37. The number of amides is 1. The Labute approximate surface area is 155 Å². The molecule has 0 unspecified atom stereocenters. The van der Waals surface area contributed by atoms with Gasteiger partial charge in [0.05, 0.1) is 10.5 Å². The molecule has 136 valence electrons. The predicted molar refractivity (Wildman–Crippen MR) is 97.4 cm³/mol. The minimum Gasteiger partial charge on any atom is -0.316 e. The number of carbonyl (C=O) groups excluding carboxylic acids is 1. The molecule has 1 amide bonds. The molecule has 1 aromatic carbocycles. The van der Waals surface area contributed by atoms with Crippen LogP contribution in [-0.4, -0.2) is 20.1 Å². The van der Waals surface area contributed by atoms with E-state index < -0.39 is 27.3 Å². The summed E-state index contributed by atoms with van der Waals surface area (Å²) in [5.41, 5.74) is 1.42. The third kappa shape index (κ3) is 3.94. The first kappa shape index (κ1) is 18.5. The van der Waals surface area contributed by atoms with Crippen molar-refractivity contribution >= 4 is 32.1 Å². The fraction of sp³-hybridized carbons (Fsp3) is 0.333. The van der Waals surface area contributed by atoms with E-state index in [0.717, 1.165) is 66.8 Å². The average molecular weight is 392 g/mol. The van der Waals surface area contributed by atoms with E-state index >= 15 is 0 Å². The van der Waals surface area contributed by atoms with Crippen LogP contribution in [0.4, 0.5) is 9.39 Å². The summed E-state index contributed by atoms with van der Waals surface area (Å²) in [5.74, 6) is -2.01. The van der Waals surface area contributed by atoms with Crippen molar-refractivity contribution in [2.75, 3.05) is 11.1 Å². The van der Waals surface area contributed by atoms with Gasteiger partial charge in [-0.25, -0.2) is 12.8 Å². The van der Waals surface area contributed by atoms with Gasteiger partial charge in [-0.05, 0) is 55.5 Å². The third-order valence-electron chi connectivity index (χ3n) is 4.28. The van der Waals surface area contributed by atoms with Crippen molar-refractivity contribution in [3.8, 4) is 6.07 Å². The molecule has 3 rings (SSSR count). The molecule has 8 heteroatoms. The van der Waals surface area contributed by atoms with Crippen molar-refractivity contribution in [2.45, 2.75) is 37.0 Å². The van der Waals surface area contributed by atoms with E-state index in [1.54, 1.807) is 0 Å². The van der Waals surface area contributed by atoms with Crippen LogP contribution in [0.25, 0.3) is 0 Å². The molecule has 26 heavy (non-hydrogen) atoms. The number of hydrogen-bond donors (Lipinski definition) is 1. The number of aryl methyl sites for hydroxylation is 1. The molecule has 1 heterocycles.